The molecule has 8 heteroatoms. The summed E-state index contributed by atoms with van der Waals surface area (Å²) in [6, 6.07) is 6.28. The molecule has 1 aromatic carbocycles. The zero-order valence-corrected chi connectivity index (χ0v) is 21.1. The van der Waals surface area contributed by atoms with Gasteiger partial charge in [-0.3, -0.25) is 9.69 Å². The molecule has 1 aliphatic heterocycles. The molecule has 0 aromatic heterocycles. The molecule has 186 valence electrons. The van der Waals surface area contributed by atoms with Crippen LogP contribution in [0, 0.1) is 24.7 Å². The highest BCUT2D eigenvalue weighted by atomic mass is 35.5. The van der Waals surface area contributed by atoms with Crippen LogP contribution in [0.15, 0.2) is 18.2 Å². The van der Waals surface area contributed by atoms with Crippen molar-refractivity contribution in [1.29, 1.82) is 0 Å². The highest BCUT2D eigenvalue weighted by molar-refractivity contribution is 6.33. The fourth-order valence-corrected chi connectivity index (χ4v) is 7.70. The Balaban J connectivity index is 1.21. The Bertz CT molecular complexity index is 959. The molecule has 4 saturated carbocycles. The van der Waals surface area contributed by atoms with E-state index in [9.17, 15) is 14.7 Å². The molecule has 5 fully saturated rings. The third-order valence-electron chi connectivity index (χ3n) is 8.89. The maximum atomic E-state index is 13.5. The number of hydrogen-bond donors (Lipinski definition) is 2. The monoisotopic (exact) mass is 489 g/mol. The number of nitrogens with zero attached hydrogens (tertiary/aromatic N) is 2. The highest BCUT2D eigenvalue weighted by Crippen LogP contribution is 2.57. The normalized spacial score (nSPS) is 33.1. The maximum Gasteiger partial charge on any atom is 0.506 e. The average molecular weight is 490 g/mol. The topological polar surface area (TPSA) is 82.1 Å². The van der Waals surface area contributed by atoms with Crippen LogP contribution < -0.4 is 10.2 Å². The molecule has 2 unspecified atom stereocenters. The minimum atomic E-state index is -1.17. The van der Waals surface area contributed by atoms with Gasteiger partial charge in [-0.1, -0.05) is 17.7 Å². The molecule has 1 amide bonds. The first-order valence-corrected chi connectivity index (χ1v) is 12.9. The first-order valence-electron chi connectivity index (χ1n) is 12.6. The van der Waals surface area contributed by atoms with Crippen molar-refractivity contribution in [2.24, 2.45) is 17.8 Å². The summed E-state index contributed by atoms with van der Waals surface area (Å²) in [6.07, 6.45) is 3.25. The van der Waals surface area contributed by atoms with E-state index in [0.717, 1.165) is 74.6 Å². The van der Waals surface area contributed by atoms with Crippen molar-refractivity contribution in [3.05, 3.63) is 28.8 Å². The van der Waals surface area contributed by atoms with Crippen LogP contribution in [0.25, 0.3) is 0 Å². The smallest absolute Gasteiger partial charge is 0.450 e. The van der Waals surface area contributed by atoms with Crippen LogP contribution in [-0.4, -0.2) is 65.4 Å². The number of carbonyl (C=O) groups excluding carboxylic acids is 1. The summed E-state index contributed by atoms with van der Waals surface area (Å²) in [5, 5.41) is 13.4. The van der Waals surface area contributed by atoms with Gasteiger partial charge in [-0.2, -0.15) is 0 Å². The number of hydrogen-bond acceptors (Lipinski definition) is 5. The van der Waals surface area contributed by atoms with Crippen molar-refractivity contribution < 1.29 is 19.4 Å². The Morgan fingerprint density at radius 3 is 2.35 bits per heavy atom. The van der Waals surface area contributed by atoms with Gasteiger partial charge in [-0.05, 0) is 88.3 Å². The zero-order valence-electron chi connectivity index (χ0n) is 20.3. The predicted octanol–water partition coefficient (Wildman–Crippen LogP) is 4.31. The van der Waals surface area contributed by atoms with Gasteiger partial charge in [0.15, 0.2) is 0 Å². The second-order valence-electron chi connectivity index (χ2n) is 11.5. The number of halogens is 1. The fourth-order valence-electron chi connectivity index (χ4n) is 7.34. The van der Waals surface area contributed by atoms with Crippen LogP contribution in [0.3, 0.4) is 0 Å². The van der Waals surface area contributed by atoms with Gasteiger partial charge >= 0.3 is 6.16 Å². The van der Waals surface area contributed by atoms with Gasteiger partial charge in [0.25, 0.3) is 0 Å². The van der Waals surface area contributed by atoms with Gasteiger partial charge in [0, 0.05) is 32.2 Å². The summed E-state index contributed by atoms with van der Waals surface area (Å²) in [7, 11) is 0. The Kier molecular flexibility index (Phi) is 6.00. The molecule has 34 heavy (non-hydrogen) atoms. The first-order chi connectivity index (χ1) is 16.1. The van der Waals surface area contributed by atoms with E-state index in [1.165, 1.54) is 0 Å². The molecule has 7 nitrogen and oxygen atoms in total. The molecule has 0 radical (unpaired) electrons. The molecule has 1 saturated heterocycles. The SMILES string of the molecule is Cc1ccc(N2CCN(C(C)(C)C(=O)NC3C4CC5CC3CC(OC(=O)O)(C5)C4)CC2)c(Cl)c1. The number of aryl methyl sites for hydroxylation is 1. The Morgan fingerprint density at radius 2 is 1.76 bits per heavy atom. The van der Waals surface area contributed by atoms with E-state index in [1.807, 2.05) is 26.8 Å². The summed E-state index contributed by atoms with van der Waals surface area (Å²) in [5.74, 6) is 1.18. The molecule has 5 aliphatic rings. The third-order valence-corrected chi connectivity index (χ3v) is 9.19. The van der Waals surface area contributed by atoms with E-state index < -0.39 is 17.3 Å². The van der Waals surface area contributed by atoms with Gasteiger partial charge in [0.1, 0.15) is 5.60 Å². The van der Waals surface area contributed by atoms with Gasteiger partial charge < -0.3 is 20.1 Å². The van der Waals surface area contributed by atoms with Crippen molar-refractivity contribution in [2.45, 2.75) is 70.1 Å². The maximum absolute atomic E-state index is 13.5. The number of amides is 1. The van der Waals surface area contributed by atoms with Crippen molar-refractivity contribution >= 4 is 29.4 Å². The molecule has 6 rings (SSSR count). The second-order valence-corrected chi connectivity index (χ2v) is 11.9. The molecular formula is C26H36ClN3O4. The molecule has 0 spiro atoms. The average Bonchev–Trinajstić information content (AvgIpc) is 2.75. The lowest BCUT2D eigenvalue weighted by Gasteiger charge is -2.59. The van der Waals surface area contributed by atoms with Crippen molar-refractivity contribution in [1.82, 2.24) is 10.2 Å². The summed E-state index contributed by atoms with van der Waals surface area (Å²) < 4.78 is 5.41. The Hall–Kier alpha value is -1.99. The van der Waals surface area contributed by atoms with E-state index in [1.54, 1.807) is 0 Å². The first kappa shape index (κ1) is 23.7. The second kappa shape index (κ2) is 8.59. The van der Waals surface area contributed by atoms with Crippen molar-refractivity contribution in [3.63, 3.8) is 0 Å². The number of rotatable bonds is 5. The van der Waals surface area contributed by atoms with Crippen LogP contribution in [0.1, 0.15) is 51.5 Å². The molecule has 1 heterocycles. The molecule has 4 aliphatic carbocycles. The van der Waals surface area contributed by atoms with Gasteiger partial charge in [0.2, 0.25) is 5.91 Å². The summed E-state index contributed by atoms with van der Waals surface area (Å²) in [4.78, 5) is 29.4. The van der Waals surface area contributed by atoms with Crippen LogP contribution >= 0.6 is 11.6 Å². The number of carbonyl (C=O) groups is 2. The van der Waals surface area contributed by atoms with Crippen LogP contribution in [0.5, 0.6) is 0 Å². The molecule has 1 aromatic rings. The number of piperazine rings is 1. The summed E-state index contributed by atoms with van der Waals surface area (Å²) in [6.45, 7) is 9.30. The van der Waals surface area contributed by atoms with Crippen LogP contribution in [-0.2, 0) is 9.53 Å². The number of benzene rings is 1. The number of carboxylic acid groups (broad SMARTS) is 1. The number of ether oxygens (including phenoxy) is 1. The predicted molar refractivity (Wildman–Crippen MR) is 131 cm³/mol. The lowest BCUT2D eigenvalue weighted by molar-refractivity contribution is -0.157. The molecule has 4 bridgehead atoms. The quantitative estimate of drug-likeness (QED) is 0.600. The zero-order chi connectivity index (χ0) is 24.3. The number of nitrogens with one attached hydrogen (secondary N) is 1. The summed E-state index contributed by atoms with van der Waals surface area (Å²) in [5.41, 5.74) is 1.05. The van der Waals surface area contributed by atoms with E-state index in [2.05, 4.69) is 27.2 Å². The summed E-state index contributed by atoms with van der Waals surface area (Å²) >= 11 is 6.48. The highest BCUT2D eigenvalue weighted by Gasteiger charge is 2.58. The van der Waals surface area contributed by atoms with Crippen LogP contribution in [0.2, 0.25) is 5.02 Å². The molecular weight excluding hydrogens is 454 g/mol. The third kappa shape index (κ3) is 4.26. The number of anilines is 1. The van der Waals surface area contributed by atoms with Crippen LogP contribution in [0.4, 0.5) is 10.5 Å². The van der Waals surface area contributed by atoms with Crippen molar-refractivity contribution in [3.8, 4) is 0 Å². The standard InChI is InChI=1S/C26H36ClN3O4/c1-16-4-5-21(20(27)10-16)29-6-8-30(9-7-29)25(2,3)23(31)28-22-18-11-17-12-19(22)15-26(13-17,14-18)34-24(32)33/h4-5,10,17-19,22H,6-9,11-15H2,1-3H3,(H,28,31)(H,32,33). The Labute approximate surface area is 206 Å². The minimum Gasteiger partial charge on any atom is -0.450 e. The van der Waals surface area contributed by atoms with Gasteiger partial charge in [0.05, 0.1) is 16.2 Å². The lowest BCUT2D eigenvalue weighted by Crippen LogP contribution is -2.66. The van der Waals surface area contributed by atoms with E-state index in [4.69, 9.17) is 16.3 Å². The molecule has 2 N–H and O–H groups in total. The van der Waals surface area contributed by atoms with Gasteiger partial charge in [-0.15, -0.1) is 0 Å². The van der Waals surface area contributed by atoms with Crippen molar-refractivity contribution in [2.75, 3.05) is 31.1 Å². The van der Waals surface area contributed by atoms with E-state index >= 15 is 0 Å². The van der Waals surface area contributed by atoms with E-state index in [0.29, 0.717) is 17.8 Å². The minimum absolute atomic E-state index is 0.0694. The Morgan fingerprint density at radius 1 is 1.12 bits per heavy atom. The molecule has 2 atom stereocenters. The van der Waals surface area contributed by atoms with E-state index in [-0.39, 0.29) is 11.9 Å². The fraction of sp³-hybridized carbons (Fsp3) is 0.692. The largest absolute Gasteiger partial charge is 0.506 e. The lowest BCUT2D eigenvalue weighted by atomic mass is 9.52. The van der Waals surface area contributed by atoms with Gasteiger partial charge in [-0.25, -0.2) is 4.79 Å².